The highest BCUT2D eigenvalue weighted by Gasteiger charge is 2.31. The summed E-state index contributed by atoms with van der Waals surface area (Å²) in [6.07, 6.45) is -4.71. The van der Waals surface area contributed by atoms with Crippen LogP contribution in [0.15, 0.2) is 24.3 Å². The normalized spacial score (nSPS) is 18.2. The molecule has 1 heterocycles. The van der Waals surface area contributed by atoms with Crippen molar-refractivity contribution >= 4 is 35.8 Å². The van der Waals surface area contributed by atoms with Crippen LogP contribution in [0, 0.1) is 0 Å². The van der Waals surface area contributed by atoms with Gasteiger partial charge in [0.2, 0.25) is 5.91 Å². The van der Waals surface area contributed by atoms with E-state index in [2.05, 4.69) is 15.4 Å². The van der Waals surface area contributed by atoms with Gasteiger partial charge in [0.25, 0.3) is 0 Å². The quantitative estimate of drug-likeness (QED) is 0.895. The monoisotopic (exact) mass is 328 g/mol. The Morgan fingerprint density at radius 1 is 1.35 bits per heavy atom. The summed E-state index contributed by atoms with van der Waals surface area (Å²) in [6.45, 7) is 0. The van der Waals surface area contributed by atoms with E-state index in [0.717, 1.165) is 18.0 Å². The first-order valence-electron chi connectivity index (χ1n) is 5.42. The molecule has 20 heavy (non-hydrogen) atoms. The molecule has 1 aromatic rings. The number of anilines is 1. The number of thioether (sulfide) groups is 1. The molecule has 1 saturated heterocycles. The van der Waals surface area contributed by atoms with Crippen molar-refractivity contribution < 1.29 is 22.7 Å². The molecule has 9 heteroatoms. The fourth-order valence-electron chi connectivity index (χ4n) is 1.53. The predicted molar refractivity (Wildman–Crippen MR) is 73.3 cm³/mol. The molecule has 0 aliphatic carbocycles. The molecule has 1 unspecified atom stereocenters. The number of hydrogen-bond donors (Lipinski definition) is 2. The molecule has 0 bridgehead atoms. The summed E-state index contributed by atoms with van der Waals surface area (Å²) in [6, 6.07) is 4.76. The Kier molecular flexibility index (Phi) is 5.97. The van der Waals surface area contributed by atoms with E-state index < -0.39 is 6.36 Å². The summed E-state index contributed by atoms with van der Waals surface area (Å²) in [5.41, 5.74) is 0.429. The maximum atomic E-state index is 12.0. The smallest absolute Gasteiger partial charge is 0.406 e. The van der Waals surface area contributed by atoms with Crippen molar-refractivity contribution in [3.8, 4) is 5.75 Å². The van der Waals surface area contributed by atoms with Gasteiger partial charge in [0.1, 0.15) is 5.75 Å². The Morgan fingerprint density at radius 2 is 2.00 bits per heavy atom. The average Bonchev–Trinajstić information content (AvgIpc) is 2.83. The summed E-state index contributed by atoms with van der Waals surface area (Å²) in [4.78, 5) is 11.7. The Labute approximate surface area is 123 Å². The molecule has 1 amide bonds. The number of hydrogen-bond acceptors (Lipinski definition) is 4. The highest BCUT2D eigenvalue weighted by Crippen LogP contribution is 2.24. The molecule has 2 rings (SSSR count). The third-order valence-corrected chi connectivity index (χ3v) is 3.33. The molecule has 2 N–H and O–H groups in total. The van der Waals surface area contributed by atoms with Crippen molar-refractivity contribution in [1.82, 2.24) is 5.32 Å². The summed E-state index contributed by atoms with van der Waals surface area (Å²) in [5, 5.41) is 5.62. The van der Waals surface area contributed by atoms with Gasteiger partial charge in [-0.05, 0) is 24.3 Å². The molecule has 0 radical (unpaired) electrons. The molecule has 112 valence electrons. The molecule has 0 spiro atoms. The highest BCUT2D eigenvalue weighted by molar-refractivity contribution is 7.99. The Bertz CT molecular complexity index is 450. The van der Waals surface area contributed by atoms with Gasteiger partial charge in [0.15, 0.2) is 0 Å². The van der Waals surface area contributed by atoms with Gasteiger partial charge in [-0.15, -0.1) is 37.3 Å². The lowest BCUT2D eigenvalue weighted by Gasteiger charge is -2.12. The molecule has 4 nitrogen and oxygen atoms in total. The molecular formula is C11H12ClF3N2O2S. The predicted octanol–water partition coefficient (Wildman–Crippen LogP) is 2.61. The van der Waals surface area contributed by atoms with Gasteiger partial charge >= 0.3 is 6.36 Å². The van der Waals surface area contributed by atoms with Crippen LogP contribution in [0.1, 0.15) is 0 Å². The van der Waals surface area contributed by atoms with Crippen LogP contribution in [0.2, 0.25) is 0 Å². The van der Waals surface area contributed by atoms with Gasteiger partial charge in [-0.3, -0.25) is 10.1 Å². The van der Waals surface area contributed by atoms with E-state index >= 15 is 0 Å². The minimum atomic E-state index is -4.71. The van der Waals surface area contributed by atoms with Crippen molar-refractivity contribution in [3.63, 3.8) is 0 Å². The zero-order valence-corrected chi connectivity index (χ0v) is 11.7. The molecule has 1 aromatic carbocycles. The number of ether oxygens (including phenoxy) is 1. The lowest BCUT2D eigenvalue weighted by Crippen LogP contribution is -2.37. The number of alkyl halides is 3. The minimum absolute atomic E-state index is 0. The van der Waals surface area contributed by atoms with Crippen molar-refractivity contribution in [1.29, 1.82) is 0 Å². The second-order valence-corrected chi connectivity index (χ2v) is 4.86. The van der Waals surface area contributed by atoms with Crippen molar-refractivity contribution in [3.05, 3.63) is 24.3 Å². The van der Waals surface area contributed by atoms with E-state index in [1.165, 1.54) is 12.1 Å². The molecule has 1 fully saturated rings. The first-order valence-corrected chi connectivity index (χ1v) is 6.57. The Morgan fingerprint density at radius 3 is 2.50 bits per heavy atom. The number of halogens is 4. The lowest BCUT2D eigenvalue weighted by atomic mass is 10.2. The van der Waals surface area contributed by atoms with Gasteiger partial charge < -0.3 is 10.1 Å². The maximum absolute atomic E-state index is 12.0. The van der Waals surface area contributed by atoms with Crippen LogP contribution in [0.25, 0.3) is 0 Å². The number of rotatable bonds is 3. The minimum Gasteiger partial charge on any atom is -0.406 e. The first kappa shape index (κ1) is 16.9. The van der Waals surface area contributed by atoms with E-state index in [1.54, 1.807) is 11.8 Å². The second-order valence-electron chi connectivity index (χ2n) is 3.83. The van der Waals surface area contributed by atoms with Gasteiger partial charge in [-0.2, -0.15) is 0 Å². The lowest BCUT2D eigenvalue weighted by molar-refractivity contribution is -0.274. The summed E-state index contributed by atoms with van der Waals surface area (Å²) >= 11 is 1.61. The van der Waals surface area contributed by atoms with Crippen molar-refractivity contribution in [2.24, 2.45) is 0 Å². The summed E-state index contributed by atoms with van der Waals surface area (Å²) in [5.74, 6) is 0.881. The maximum Gasteiger partial charge on any atom is 0.573 e. The largest absolute Gasteiger partial charge is 0.573 e. The van der Waals surface area contributed by atoms with Crippen LogP contribution in [0.4, 0.5) is 18.9 Å². The second kappa shape index (κ2) is 7.05. The van der Waals surface area contributed by atoms with Gasteiger partial charge in [0, 0.05) is 17.3 Å². The Hall–Kier alpha value is -1.12. The third kappa shape index (κ3) is 5.10. The van der Waals surface area contributed by atoms with Crippen LogP contribution < -0.4 is 15.4 Å². The van der Waals surface area contributed by atoms with Gasteiger partial charge in [-0.25, -0.2) is 0 Å². The molecule has 0 aromatic heterocycles. The summed E-state index contributed by atoms with van der Waals surface area (Å²) in [7, 11) is 0. The standard InChI is InChI=1S/C11H11F3N2O2S.ClH/c12-11(13,14)18-8-3-1-7(2-4-8)16-10(17)9-5-19-6-15-9;/h1-4,9,15H,5-6H2,(H,16,17);1H. The zero-order valence-electron chi connectivity index (χ0n) is 10.1. The molecule has 1 aliphatic heterocycles. The van der Waals surface area contributed by atoms with Crippen LogP contribution in [-0.2, 0) is 4.79 Å². The topological polar surface area (TPSA) is 50.4 Å². The van der Waals surface area contributed by atoms with Crippen molar-refractivity contribution in [2.75, 3.05) is 16.9 Å². The molecule has 1 aliphatic rings. The van der Waals surface area contributed by atoms with E-state index in [1.807, 2.05) is 0 Å². The van der Waals surface area contributed by atoms with Crippen LogP contribution in [-0.4, -0.2) is 29.9 Å². The number of carbonyl (C=O) groups is 1. The highest BCUT2D eigenvalue weighted by atomic mass is 35.5. The fourth-order valence-corrected chi connectivity index (χ4v) is 2.47. The fraction of sp³-hybridized carbons (Fsp3) is 0.364. The first-order chi connectivity index (χ1) is 8.94. The third-order valence-electron chi connectivity index (χ3n) is 2.39. The number of benzene rings is 1. The van der Waals surface area contributed by atoms with Crippen molar-refractivity contribution in [2.45, 2.75) is 12.4 Å². The van der Waals surface area contributed by atoms with Gasteiger partial charge in [-0.1, -0.05) is 0 Å². The van der Waals surface area contributed by atoms with Crippen LogP contribution >= 0.6 is 24.2 Å². The molecule has 1 atom stereocenters. The van der Waals surface area contributed by atoms with E-state index in [0.29, 0.717) is 11.4 Å². The number of nitrogens with one attached hydrogen (secondary N) is 2. The average molecular weight is 329 g/mol. The molecular weight excluding hydrogens is 317 g/mol. The number of amides is 1. The summed E-state index contributed by atoms with van der Waals surface area (Å²) < 4.78 is 39.6. The van der Waals surface area contributed by atoms with Crippen LogP contribution in [0.3, 0.4) is 0 Å². The van der Waals surface area contributed by atoms with E-state index in [-0.39, 0.29) is 30.1 Å². The SMILES string of the molecule is Cl.O=C(Nc1ccc(OC(F)(F)F)cc1)C1CSCN1. The molecule has 0 saturated carbocycles. The Balaban J connectivity index is 0.00000200. The number of carbonyl (C=O) groups excluding carboxylic acids is 1. The van der Waals surface area contributed by atoms with Gasteiger partial charge in [0.05, 0.1) is 6.04 Å². The van der Waals surface area contributed by atoms with E-state index in [4.69, 9.17) is 0 Å². The van der Waals surface area contributed by atoms with E-state index in [9.17, 15) is 18.0 Å². The zero-order chi connectivity index (χ0) is 13.9. The van der Waals surface area contributed by atoms with Crippen LogP contribution in [0.5, 0.6) is 5.75 Å².